The topological polar surface area (TPSA) is 0 Å². The molecule has 0 amide bonds. The third-order valence-corrected chi connectivity index (χ3v) is 3.62. The van der Waals surface area contributed by atoms with Crippen LogP contribution >= 0.6 is 11.3 Å². The van der Waals surface area contributed by atoms with Crippen LogP contribution in [0.1, 0.15) is 62.5 Å². The Morgan fingerprint density at radius 2 is 1.77 bits per heavy atom. The predicted molar refractivity (Wildman–Crippen MR) is 61.9 cm³/mol. The minimum Gasteiger partial charge on any atom is -0.148 e. The zero-order valence-electron chi connectivity index (χ0n) is 9.35. The van der Waals surface area contributed by atoms with Crippen LogP contribution in [0.2, 0.25) is 0 Å². The average Bonchev–Trinajstić information content (AvgIpc) is 2.46. The third kappa shape index (κ3) is 2.14. The fourth-order valence-corrected chi connectivity index (χ4v) is 3.11. The molecule has 0 saturated carbocycles. The van der Waals surface area contributed by atoms with Gasteiger partial charge in [0.1, 0.15) is 0 Å². The van der Waals surface area contributed by atoms with E-state index in [2.05, 4.69) is 40.0 Å². The maximum atomic E-state index is 2.35. The Hall–Kier alpha value is -0.300. The van der Waals surface area contributed by atoms with Crippen LogP contribution in [0.5, 0.6) is 0 Å². The standard InChI is InChI=1S/C12H20S/c1-6-11-12(9(4)5)10(7-13-11)8(2)3/h7-9H,6H2,1-5H3. The molecule has 0 atom stereocenters. The van der Waals surface area contributed by atoms with Crippen molar-refractivity contribution in [2.75, 3.05) is 0 Å². The molecular weight excluding hydrogens is 176 g/mol. The Bertz CT molecular complexity index is 269. The maximum absolute atomic E-state index is 2.35. The summed E-state index contributed by atoms with van der Waals surface area (Å²) in [6, 6.07) is 0. The highest BCUT2D eigenvalue weighted by Crippen LogP contribution is 2.34. The summed E-state index contributed by atoms with van der Waals surface area (Å²) < 4.78 is 0. The van der Waals surface area contributed by atoms with Crippen LogP contribution in [-0.4, -0.2) is 0 Å². The highest BCUT2D eigenvalue weighted by atomic mass is 32.1. The lowest BCUT2D eigenvalue weighted by molar-refractivity contribution is 0.788. The first-order chi connectivity index (χ1) is 6.07. The molecule has 13 heavy (non-hydrogen) atoms. The van der Waals surface area contributed by atoms with Gasteiger partial charge in [0, 0.05) is 4.88 Å². The first-order valence-electron chi connectivity index (χ1n) is 5.18. The Kier molecular flexibility index (Phi) is 3.55. The van der Waals surface area contributed by atoms with Gasteiger partial charge in [-0.15, -0.1) is 11.3 Å². The second-order valence-corrected chi connectivity index (χ2v) is 5.16. The van der Waals surface area contributed by atoms with E-state index in [9.17, 15) is 0 Å². The first-order valence-corrected chi connectivity index (χ1v) is 6.06. The molecule has 1 heterocycles. The molecule has 1 heteroatoms. The van der Waals surface area contributed by atoms with Gasteiger partial charge in [0.15, 0.2) is 0 Å². The van der Waals surface area contributed by atoms with Crippen LogP contribution in [0.25, 0.3) is 0 Å². The van der Waals surface area contributed by atoms with Gasteiger partial charge in [-0.05, 0) is 34.8 Å². The predicted octanol–water partition coefficient (Wildman–Crippen LogP) is 4.56. The van der Waals surface area contributed by atoms with Crippen molar-refractivity contribution in [3.63, 3.8) is 0 Å². The van der Waals surface area contributed by atoms with E-state index < -0.39 is 0 Å². The summed E-state index contributed by atoms with van der Waals surface area (Å²) in [5.74, 6) is 1.35. The molecule has 1 aromatic rings. The lowest BCUT2D eigenvalue weighted by Crippen LogP contribution is -1.97. The van der Waals surface area contributed by atoms with E-state index in [1.165, 1.54) is 6.42 Å². The van der Waals surface area contributed by atoms with Gasteiger partial charge >= 0.3 is 0 Å². The maximum Gasteiger partial charge on any atom is 0.00800 e. The Balaban J connectivity index is 3.14. The molecule has 0 unspecified atom stereocenters. The molecule has 1 rings (SSSR count). The van der Waals surface area contributed by atoms with E-state index in [0.717, 1.165) is 0 Å². The van der Waals surface area contributed by atoms with Gasteiger partial charge in [-0.3, -0.25) is 0 Å². The Morgan fingerprint density at radius 3 is 2.15 bits per heavy atom. The van der Waals surface area contributed by atoms with E-state index >= 15 is 0 Å². The van der Waals surface area contributed by atoms with Gasteiger partial charge in [-0.2, -0.15) is 0 Å². The Morgan fingerprint density at radius 1 is 1.15 bits per heavy atom. The summed E-state index contributed by atoms with van der Waals surface area (Å²) in [6.45, 7) is 11.4. The molecule has 0 saturated heterocycles. The molecule has 0 nitrogen and oxygen atoms in total. The van der Waals surface area contributed by atoms with E-state index in [1.54, 1.807) is 16.0 Å². The van der Waals surface area contributed by atoms with Gasteiger partial charge in [0.05, 0.1) is 0 Å². The normalized spacial score (nSPS) is 11.6. The summed E-state index contributed by atoms with van der Waals surface area (Å²) in [7, 11) is 0. The van der Waals surface area contributed by atoms with E-state index in [1.807, 2.05) is 11.3 Å². The van der Waals surface area contributed by atoms with Crippen molar-refractivity contribution >= 4 is 11.3 Å². The van der Waals surface area contributed by atoms with E-state index in [-0.39, 0.29) is 0 Å². The molecule has 0 aliphatic rings. The van der Waals surface area contributed by atoms with Gasteiger partial charge in [0.2, 0.25) is 0 Å². The fourth-order valence-electron chi connectivity index (χ4n) is 1.80. The summed E-state index contributed by atoms with van der Waals surface area (Å²) in [6.07, 6.45) is 1.19. The molecular formula is C12H20S. The summed E-state index contributed by atoms with van der Waals surface area (Å²) in [4.78, 5) is 1.58. The van der Waals surface area contributed by atoms with Crippen LogP contribution in [0.15, 0.2) is 5.38 Å². The van der Waals surface area contributed by atoms with Crippen molar-refractivity contribution in [3.05, 3.63) is 21.4 Å². The number of aryl methyl sites for hydroxylation is 1. The minimum absolute atomic E-state index is 0.675. The smallest absolute Gasteiger partial charge is 0.00800 e. The molecule has 0 radical (unpaired) electrons. The second kappa shape index (κ2) is 4.28. The largest absolute Gasteiger partial charge is 0.148 e. The summed E-state index contributed by atoms with van der Waals surface area (Å²) >= 11 is 1.93. The van der Waals surface area contributed by atoms with Crippen LogP contribution in [-0.2, 0) is 6.42 Å². The molecule has 0 N–H and O–H groups in total. The van der Waals surface area contributed by atoms with Crippen LogP contribution in [0, 0.1) is 0 Å². The SMILES string of the molecule is CCc1scc(C(C)C)c1C(C)C. The van der Waals surface area contributed by atoms with Crippen LogP contribution < -0.4 is 0 Å². The highest BCUT2D eigenvalue weighted by molar-refractivity contribution is 7.10. The summed E-state index contributed by atoms with van der Waals surface area (Å²) in [5.41, 5.74) is 3.18. The molecule has 0 aromatic carbocycles. The fraction of sp³-hybridized carbons (Fsp3) is 0.667. The Labute approximate surface area is 86.0 Å². The third-order valence-electron chi connectivity index (χ3n) is 2.46. The number of hydrogen-bond donors (Lipinski definition) is 0. The second-order valence-electron chi connectivity index (χ2n) is 4.19. The van der Waals surface area contributed by atoms with Crippen LogP contribution in [0.3, 0.4) is 0 Å². The molecule has 0 spiro atoms. The van der Waals surface area contributed by atoms with Gasteiger partial charge in [-0.25, -0.2) is 0 Å². The first kappa shape index (κ1) is 10.8. The van der Waals surface area contributed by atoms with Gasteiger partial charge in [-0.1, -0.05) is 34.6 Å². The molecule has 0 fully saturated rings. The quantitative estimate of drug-likeness (QED) is 0.665. The lowest BCUT2D eigenvalue weighted by atomic mass is 9.92. The molecule has 74 valence electrons. The highest BCUT2D eigenvalue weighted by Gasteiger charge is 2.15. The van der Waals surface area contributed by atoms with Gasteiger partial charge < -0.3 is 0 Å². The van der Waals surface area contributed by atoms with Gasteiger partial charge in [0.25, 0.3) is 0 Å². The number of hydrogen-bond acceptors (Lipinski definition) is 1. The number of thiophene rings is 1. The average molecular weight is 196 g/mol. The lowest BCUT2D eigenvalue weighted by Gasteiger charge is -2.12. The van der Waals surface area contributed by atoms with Crippen LogP contribution in [0.4, 0.5) is 0 Å². The van der Waals surface area contributed by atoms with E-state index in [0.29, 0.717) is 11.8 Å². The van der Waals surface area contributed by atoms with Crippen molar-refractivity contribution in [3.8, 4) is 0 Å². The molecule has 0 aliphatic heterocycles. The van der Waals surface area contributed by atoms with E-state index in [4.69, 9.17) is 0 Å². The number of rotatable bonds is 3. The van der Waals surface area contributed by atoms with Crippen molar-refractivity contribution in [1.29, 1.82) is 0 Å². The molecule has 1 aromatic heterocycles. The van der Waals surface area contributed by atoms with Crippen molar-refractivity contribution < 1.29 is 0 Å². The minimum atomic E-state index is 0.675. The molecule has 0 aliphatic carbocycles. The monoisotopic (exact) mass is 196 g/mol. The summed E-state index contributed by atoms with van der Waals surface area (Å²) in [5, 5.41) is 2.35. The van der Waals surface area contributed by atoms with Crippen molar-refractivity contribution in [2.24, 2.45) is 0 Å². The zero-order valence-corrected chi connectivity index (χ0v) is 10.2. The molecule has 0 bridgehead atoms. The zero-order chi connectivity index (χ0) is 10.0. The van der Waals surface area contributed by atoms with Crippen molar-refractivity contribution in [2.45, 2.75) is 52.9 Å². The van der Waals surface area contributed by atoms with Crippen molar-refractivity contribution in [1.82, 2.24) is 0 Å².